The van der Waals surface area contributed by atoms with Gasteiger partial charge in [0.05, 0.1) is 6.61 Å². The molecule has 0 spiro atoms. The Kier molecular flexibility index (Phi) is 15.3. The molecular weight excluding hydrogens is 310 g/mol. The Morgan fingerprint density at radius 2 is 1.20 bits per heavy atom. The molecule has 0 heterocycles. The summed E-state index contributed by atoms with van der Waals surface area (Å²) in [5, 5.41) is 0. The maximum absolute atomic E-state index is 12.6. The van der Waals surface area contributed by atoms with Crippen LogP contribution in [0, 0.1) is 5.92 Å². The highest BCUT2D eigenvalue weighted by Gasteiger charge is 2.34. The smallest absolute Gasteiger partial charge is 0.326 e. The van der Waals surface area contributed by atoms with Gasteiger partial charge in [-0.15, -0.1) is 0 Å². The van der Waals surface area contributed by atoms with Crippen molar-refractivity contribution in [3.05, 3.63) is 0 Å². The fourth-order valence-electron chi connectivity index (χ4n) is 3.16. The first-order valence-corrected chi connectivity index (χ1v) is 10.9. The van der Waals surface area contributed by atoms with Crippen LogP contribution in [0.2, 0.25) is 0 Å². The number of hydrogen-bond acceptors (Lipinski definition) is 3. The van der Waals surface area contributed by atoms with Crippen molar-refractivity contribution >= 4 is 5.97 Å². The van der Waals surface area contributed by atoms with Crippen LogP contribution in [0.1, 0.15) is 118 Å². The molecule has 0 radical (unpaired) electrons. The third kappa shape index (κ3) is 13.3. The Balaban J connectivity index is 4.30. The van der Waals surface area contributed by atoms with Gasteiger partial charge in [-0.25, -0.2) is 0 Å². The number of hydrogen-bond donors (Lipinski definition) is 1. The summed E-state index contributed by atoms with van der Waals surface area (Å²) in [6.45, 7) is 9.07. The van der Waals surface area contributed by atoms with Gasteiger partial charge < -0.3 is 10.5 Å². The number of esters is 1. The van der Waals surface area contributed by atoms with E-state index in [0.29, 0.717) is 12.5 Å². The molecule has 25 heavy (non-hydrogen) atoms. The molecule has 0 aliphatic heterocycles. The summed E-state index contributed by atoms with van der Waals surface area (Å²) >= 11 is 0. The van der Waals surface area contributed by atoms with Crippen molar-refractivity contribution in [2.24, 2.45) is 11.7 Å². The van der Waals surface area contributed by atoms with Crippen molar-refractivity contribution in [3.63, 3.8) is 0 Å². The molecular formula is C22H45NO2. The Morgan fingerprint density at radius 3 is 1.60 bits per heavy atom. The number of carbonyl (C=O) groups is 1. The van der Waals surface area contributed by atoms with E-state index in [-0.39, 0.29) is 5.97 Å². The van der Waals surface area contributed by atoms with E-state index >= 15 is 0 Å². The van der Waals surface area contributed by atoms with Crippen molar-refractivity contribution in [2.45, 2.75) is 123 Å². The van der Waals surface area contributed by atoms with Gasteiger partial charge >= 0.3 is 5.97 Å². The van der Waals surface area contributed by atoms with Gasteiger partial charge in [-0.3, -0.25) is 4.79 Å². The zero-order valence-electron chi connectivity index (χ0n) is 17.6. The highest BCUT2D eigenvalue weighted by atomic mass is 16.5. The first kappa shape index (κ1) is 24.4. The second-order valence-corrected chi connectivity index (χ2v) is 8.18. The number of ether oxygens (including phenoxy) is 1. The summed E-state index contributed by atoms with van der Waals surface area (Å²) in [4.78, 5) is 12.6. The monoisotopic (exact) mass is 355 g/mol. The molecule has 3 nitrogen and oxygen atoms in total. The van der Waals surface area contributed by atoms with Crippen LogP contribution in [-0.4, -0.2) is 18.1 Å². The van der Waals surface area contributed by atoms with E-state index in [1.807, 2.05) is 0 Å². The van der Waals surface area contributed by atoms with E-state index in [1.54, 1.807) is 0 Å². The fraction of sp³-hybridized carbons (Fsp3) is 0.955. The lowest BCUT2D eigenvalue weighted by Gasteiger charge is -2.28. The van der Waals surface area contributed by atoms with Gasteiger partial charge in [0.2, 0.25) is 0 Å². The van der Waals surface area contributed by atoms with Crippen LogP contribution in [-0.2, 0) is 9.53 Å². The zero-order valence-corrected chi connectivity index (χ0v) is 17.6. The molecule has 0 amide bonds. The molecule has 0 rings (SSSR count). The van der Waals surface area contributed by atoms with E-state index in [1.165, 1.54) is 64.2 Å². The summed E-state index contributed by atoms with van der Waals surface area (Å²) in [5.74, 6) is 0.180. The Labute approximate surface area is 157 Å². The summed E-state index contributed by atoms with van der Waals surface area (Å²) < 4.78 is 5.50. The van der Waals surface area contributed by atoms with Gasteiger partial charge in [-0.05, 0) is 18.8 Å². The number of unbranched alkanes of at least 4 members (excludes halogenated alkanes) is 10. The highest BCUT2D eigenvalue weighted by Crippen LogP contribution is 2.23. The second-order valence-electron chi connectivity index (χ2n) is 8.18. The molecule has 0 atom stereocenters. The van der Waals surface area contributed by atoms with Crippen LogP contribution < -0.4 is 5.73 Å². The minimum absolute atomic E-state index is 0.177. The van der Waals surface area contributed by atoms with Gasteiger partial charge in [0.1, 0.15) is 5.54 Å². The number of rotatable bonds is 17. The SMILES string of the molecule is CCCCCCCCC(N)(CCCCCCCC)C(=O)OCC(C)C. The van der Waals surface area contributed by atoms with Crippen molar-refractivity contribution < 1.29 is 9.53 Å². The van der Waals surface area contributed by atoms with E-state index in [0.717, 1.165) is 25.7 Å². The minimum Gasteiger partial charge on any atom is -0.464 e. The van der Waals surface area contributed by atoms with Crippen LogP contribution in [0.15, 0.2) is 0 Å². The average Bonchev–Trinajstić information content (AvgIpc) is 2.58. The third-order valence-electron chi connectivity index (χ3n) is 4.91. The van der Waals surface area contributed by atoms with Crippen LogP contribution >= 0.6 is 0 Å². The average molecular weight is 356 g/mol. The predicted octanol–water partition coefficient (Wildman–Crippen LogP) is 6.38. The van der Waals surface area contributed by atoms with Crippen molar-refractivity contribution in [3.8, 4) is 0 Å². The van der Waals surface area contributed by atoms with Gasteiger partial charge in [0.15, 0.2) is 0 Å². The van der Waals surface area contributed by atoms with E-state index in [9.17, 15) is 4.79 Å². The first-order chi connectivity index (χ1) is 12.0. The van der Waals surface area contributed by atoms with Crippen LogP contribution in [0.5, 0.6) is 0 Å². The maximum atomic E-state index is 12.6. The van der Waals surface area contributed by atoms with Crippen molar-refractivity contribution in [2.75, 3.05) is 6.61 Å². The van der Waals surface area contributed by atoms with E-state index < -0.39 is 5.54 Å². The van der Waals surface area contributed by atoms with Crippen LogP contribution in [0.3, 0.4) is 0 Å². The molecule has 150 valence electrons. The van der Waals surface area contributed by atoms with E-state index in [4.69, 9.17) is 10.5 Å². The predicted molar refractivity (Wildman–Crippen MR) is 109 cm³/mol. The van der Waals surface area contributed by atoms with Crippen LogP contribution in [0.4, 0.5) is 0 Å². The molecule has 0 saturated carbocycles. The van der Waals surface area contributed by atoms with Gasteiger partial charge in [-0.1, -0.05) is 105 Å². The molecule has 0 aliphatic carbocycles. The quantitative estimate of drug-likeness (QED) is 0.243. The largest absolute Gasteiger partial charge is 0.464 e. The van der Waals surface area contributed by atoms with Gasteiger partial charge in [0.25, 0.3) is 0 Å². The third-order valence-corrected chi connectivity index (χ3v) is 4.91. The topological polar surface area (TPSA) is 52.3 Å². The molecule has 3 heteroatoms. The summed E-state index contributed by atoms with van der Waals surface area (Å²) in [6.07, 6.45) is 16.2. The van der Waals surface area contributed by atoms with Gasteiger partial charge in [-0.2, -0.15) is 0 Å². The summed E-state index contributed by atoms with van der Waals surface area (Å²) in [7, 11) is 0. The standard InChI is InChI=1S/C22H45NO2/c1-5-7-9-11-13-15-17-22(23,21(24)25-19-20(3)4)18-16-14-12-10-8-6-2/h20H,5-19,23H2,1-4H3. The molecule has 0 saturated heterocycles. The normalized spacial score (nSPS) is 11.9. The maximum Gasteiger partial charge on any atom is 0.326 e. The Bertz CT molecular complexity index is 299. The molecule has 2 N–H and O–H groups in total. The van der Waals surface area contributed by atoms with Crippen molar-refractivity contribution in [1.82, 2.24) is 0 Å². The van der Waals surface area contributed by atoms with Crippen LogP contribution in [0.25, 0.3) is 0 Å². The summed E-state index contributed by atoms with van der Waals surface area (Å²) in [5.41, 5.74) is 5.76. The Hall–Kier alpha value is -0.570. The zero-order chi connectivity index (χ0) is 19.0. The second kappa shape index (κ2) is 15.7. The Morgan fingerprint density at radius 1 is 0.800 bits per heavy atom. The van der Waals surface area contributed by atoms with E-state index in [2.05, 4.69) is 27.7 Å². The fourth-order valence-corrected chi connectivity index (χ4v) is 3.16. The molecule has 0 fully saturated rings. The lowest BCUT2D eigenvalue weighted by molar-refractivity contribution is -0.152. The molecule has 0 bridgehead atoms. The van der Waals surface area contributed by atoms with Gasteiger partial charge in [0, 0.05) is 0 Å². The molecule has 0 aromatic carbocycles. The molecule has 0 aliphatic rings. The van der Waals surface area contributed by atoms with Crippen molar-refractivity contribution in [1.29, 1.82) is 0 Å². The molecule has 0 aromatic heterocycles. The number of carbonyl (C=O) groups excluding carboxylic acids is 1. The highest BCUT2D eigenvalue weighted by molar-refractivity contribution is 5.80. The lowest BCUT2D eigenvalue weighted by atomic mass is 9.87. The molecule has 0 unspecified atom stereocenters. The lowest BCUT2D eigenvalue weighted by Crippen LogP contribution is -2.49. The number of nitrogens with two attached hydrogens (primary N) is 1. The first-order valence-electron chi connectivity index (χ1n) is 10.9. The minimum atomic E-state index is -0.773. The molecule has 0 aromatic rings. The summed E-state index contributed by atoms with van der Waals surface area (Å²) in [6, 6.07) is 0.